The number of hydrogen-bond donors (Lipinski definition) is 1. The number of allylic oxidation sites excluding steroid dienone is 2. The van der Waals surface area contributed by atoms with Crippen molar-refractivity contribution >= 4 is 5.91 Å². The van der Waals surface area contributed by atoms with Gasteiger partial charge in [-0.2, -0.15) is 0 Å². The summed E-state index contributed by atoms with van der Waals surface area (Å²) in [5, 5.41) is 3.45. The van der Waals surface area contributed by atoms with Crippen LogP contribution >= 0.6 is 0 Å². The molecule has 0 aromatic rings. The zero-order valence-corrected chi connectivity index (χ0v) is 8.12. The maximum atomic E-state index is 12.0. The molecule has 1 fully saturated rings. The van der Waals surface area contributed by atoms with Gasteiger partial charge in [-0.1, -0.05) is 6.08 Å². The van der Waals surface area contributed by atoms with E-state index in [0.29, 0.717) is 0 Å². The van der Waals surface area contributed by atoms with Crippen LogP contribution in [0.1, 0.15) is 25.7 Å². The molecule has 3 heteroatoms. The fourth-order valence-electron chi connectivity index (χ4n) is 2.53. The summed E-state index contributed by atoms with van der Waals surface area (Å²) in [6.07, 6.45) is 8.61. The molecule has 0 aromatic heterocycles. The van der Waals surface area contributed by atoms with Crippen molar-refractivity contribution < 1.29 is 4.79 Å². The van der Waals surface area contributed by atoms with E-state index in [9.17, 15) is 4.79 Å². The normalized spacial score (nSPS) is 30.1. The van der Waals surface area contributed by atoms with Crippen LogP contribution in [0.2, 0.25) is 0 Å². The molecule has 1 N–H and O–H groups in total. The first-order chi connectivity index (χ1) is 6.86. The van der Waals surface area contributed by atoms with Gasteiger partial charge < -0.3 is 10.2 Å². The Balaban J connectivity index is 1.99. The van der Waals surface area contributed by atoms with Gasteiger partial charge in [-0.3, -0.25) is 4.79 Å². The van der Waals surface area contributed by atoms with Crippen LogP contribution in [0, 0.1) is 0 Å². The first-order valence-electron chi connectivity index (χ1n) is 5.33. The number of fused-ring (bicyclic) bond motifs is 1. The van der Waals surface area contributed by atoms with Crippen LogP contribution in [0.15, 0.2) is 23.4 Å². The highest BCUT2D eigenvalue weighted by Gasteiger charge is 2.36. The van der Waals surface area contributed by atoms with E-state index in [1.165, 1.54) is 0 Å². The molecule has 2 aliphatic heterocycles. The molecule has 0 bridgehead atoms. The molecule has 1 unspecified atom stereocenters. The fourth-order valence-corrected chi connectivity index (χ4v) is 2.53. The molecule has 0 radical (unpaired) electrons. The molecule has 0 saturated carbocycles. The fraction of sp³-hybridized carbons (Fsp3) is 0.545. The molecule has 1 atom stereocenters. The molecule has 1 amide bonds. The summed E-state index contributed by atoms with van der Waals surface area (Å²) in [5.41, 5.74) is 2.06. The van der Waals surface area contributed by atoms with Gasteiger partial charge in [0.25, 0.3) is 5.91 Å². The summed E-state index contributed by atoms with van der Waals surface area (Å²) in [7, 11) is 0. The molecular weight excluding hydrogens is 176 g/mol. The number of nitrogens with zero attached hydrogens (tertiary/aromatic N) is 1. The van der Waals surface area contributed by atoms with E-state index in [1.807, 2.05) is 4.90 Å². The third kappa shape index (κ3) is 1.01. The SMILES string of the molecule is O=C1C2=C(C=CCC2)NC2CCCN12. The van der Waals surface area contributed by atoms with Crippen molar-refractivity contribution in [3.63, 3.8) is 0 Å². The van der Waals surface area contributed by atoms with E-state index in [2.05, 4.69) is 17.5 Å². The second-order valence-electron chi connectivity index (χ2n) is 4.13. The lowest BCUT2D eigenvalue weighted by Gasteiger charge is -2.34. The zero-order valence-electron chi connectivity index (χ0n) is 8.12. The maximum absolute atomic E-state index is 12.0. The molecule has 74 valence electrons. The molecule has 3 rings (SSSR count). The highest BCUT2D eigenvalue weighted by molar-refractivity contribution is 5.96. The van der Waals surface area contributed by atoms with Crippen LogP contribution in [-0.4, -0.2) is 23.5 Å². The largest absolute Gasteiger partial charge is 0.365 e. The van der Waals surface area contributed by atoms with Crippen molar-refractivity contribution in [1.82, 2.24) is 10.2 Å². The molecule has 2 heterocycles. The monoisotopic (exact) mass is 190 g/mol. The minimum atomic E-state index is 0.268. The molecule has 14 heavy (non-hydrogen) atoms. The van der Waals surface area contributed by atoms with Crippen molar-refractivity contribution in [2.45, 2.75) is 31.8 Å². The Hall–Kier alpha value is -1.25. The Morgan fingerprint density at radius 2 is 2.43 bits per heavy atom. The van der Waals surface area contributed by atoms with Crippen molar-refractivity contribution in [3.8, 4) is 0 Å². The summed E-state index contributed by atoms with van der Waals surface area (Å²) in [6.45, 7) is 0.928. The van der Waals surface area contributed by atoms with Gasteiger partial charge in [-0.25, -0.2) is 0 Å². The minimum Gasteiger partial charge on any atom is -0.365 e. The van der Waals surface area contributed by atoms with Gasteiger partial charge in [-0.15, -0.1) is 0 Å². The summed E-state index contributed by atoms with van der Waals surface area (Å²) in [6, 6.07) is 0. The number of nitrogens with one attached hydrogen (secondary N) is 1. The predicted molar refractivity (Wildman–Crippen MR) is 53.3 cm³/mol. The number of carbonyl (C=O) groups is 1. The Morgan fingerprint density at radius 3 is 3.36 bits per heavy atom. The second-order valence-corrected chi connectivity index (χ2v) is 4.13. The average molecular weight is 190 g/mol. The van der Waals surface area contributed by atoms with Crippen LogP contribution < -0.4 is 5.32 Å². The molecule has 0 spiro atoms. The summed E-state index contributed by atoms with van der Waals surface area (Å²) >= 11 is 0. The lowest BCUT2D eigenvalue weighted by Crippen LogP contribution is -2.49. The summed E-state index contributed by atoms with van der Waals surface area (Å²) in [4.78, 5) is 14.0. The molecular formula is C11H14N2O. The molecule has 0 aromatic carbocycles. The Kier molecular flexibility index (Phi) is 1.66. The van der Waals surface area contributed by atoms with E-state index in [0.717, 1.165) is 43.5 Å². The Bertz CT molecular complexity index is 343. The number of carbonyl (C=O) groups excluding carboxylic acids is 1. The molecule has 1 saturated heterocycles. The average Bonchev–Trinajstić information content (AvgIpc) is 2.66. The molecule has 3 aliphatic rings. The van der Waals surface area contributed by atoms with Crippen LogP contribution in [-0.2, 0) is 4.79 Å². The van der Waals surface area contributed by atoms with Gasteiger partial charge in [0.05, 0.1) is 0 Å². The first kappa shape index (κ1) is 8.09. The van der Waals surface area contributed by atoms with Gasteiger partial charge >= 0.3 is 0 Å². The highest BCUT2D eigenvalue weighted by atomic mass is 16.2. The summed E-state index contributed by atoms with van der Waals surface area (Å²) < 4.78 is 0. The second kappa shape index (κ2) is 2.87. The number of rotatable bonds is 0. The van der Waals surface area contributed by atoms with Gasteiger partial charge in [0.1, 0.15) is 6.17 Å². The third-order valence-corrected chi connectivity index (χ3v) is 3.26. The topological polar surface area (TPSA) is 32.3 Å². The maximum Gasteiger partial charge on any atom is 0.253 e. The van der Waals surface area contributed by atoms with Gasteiger partial charge in [-0.05, 0) is 31.8 Å². The van der Waals surface area contributed by atoms with E-state index >= 15 is 0 Å². The van der Waals surface area contributed by atoms with Crippen molar-refractivity contribution in [2.75, 3.05) is 6.54 Å². The highest BCUT2D eigenvalue weighted by Crippen LogP contribution is 2.29. The molecule has 1 aliphatic carbocycles. The first-order valence-corrected chi connectivity index (χ1v) is 5.33. The third-order valence-electron chi connectivity index (χ3n) is 3.26. The Labute approximate surface area is 83.5 Å². The van der Waals surface area contributed by atoms with Crippen molar-refractivity contribution in [3.05, 3.63) is 23.4 Å². The van der Waals surface area contributed by atoms with Gasteiger partial charge in [0, 0.05) is 17.8 Å². The standard InChI is InChI=1S/C11H14N2O/c14-11-8-4-1-2-5-9(8)12-10-6-3-7-13(10)11/h2,5,10,12H,1,3-4,6-7H2. The smallest absolute Gasteiger partial charge is 0.253 e. The Morgan fingerprint density at radius 1 is 1.50 bits per heavy atom. The number of hydrogen-bond acceptors (Lipinski definition) is 2. The van der Waals surface area contributed by atoms with Crippen LogP contribution in [0.3, 0.4) is 0 Å². The van der Waals surface area contributed by atoms with Crippen LogP contribution in [0.25, 0.3) is 0 Å². The van der Waals surface area contributed by atoms with Crippen molar-refractivity contribution in [1.29, 1.82) is 0 Å². The molecule has 3 nitrogen and oxygen atoms in total. The van der Waals surface area contributed by atoms with Crippen LogP contribution in [0.5, 0.6) is 0 Å². The van der Waals surface area contributed by atoms with Crippen molar-refractivity contribution in [2.24, 2.45) is 0 Å². The van der Waals surface area contributed by atoms with E-state index < -0.39 is 0 Å². The van der Waals surface area contributed by atoms with E-state index in [-0.39, 0.29) is 12.1 Å². The van der Waals surface area contributed by atoms with E-state index in [4.69, 9.17) is 0 Å². The number of amides is 1. The van der Waals surface area contributed by atoms with E-state index in [1.54, 1.807) is 0 Å². The lowest BCUT2D eigenvalue weighted by molar-refractivity contribution is -0.129. The summed E-state index contributed by atoms with van der Waals surface area (Å²) in [5.74, 6) is 0.269. The van der Waals surface area contributed by atoms with Crippen LogP contribution in [0.4, 0.5) is 0 Å². The zero-order chi connectivity index (χ0) is 9.54. The van der Waals surface area contributed by atoms with Gasteiger partial charge in [0.2, 0.25) is 0 Å². The minimum absolute atomic E-state index is 0.268. The quantitative estimate of drug-likeness (QED) is 0.621. The van der Waals surface area contributed by atoms with Gasteiger partial charge in [0.15, 0.2) is 0 Å². The lowest BCUT2D eigenvalue weighted by atomic mass is 9.98. The predicted octanol–water partition coefficient (Wildman–Crippen LogP) is 1.14.